The molecule has 1 aliphatic heterocycles. The van der Waals surface area contributed by atoms with Gasteiger partial charge in [-0.3, -0.25) is 4.79 Å². The van der Waals surface area contributed by atoms with Crippen molar-refractivity contribution in [2.24, 2.45) is 11.7 Å². The van der Waals surface area contributed by atoms with Crippen LogP contribution in [0, 0.1) is 5.92 Å². The maximum atomic E-state index is 12.6. The van der Waals surface area contributed by atoms with E-state index in [1.165, 1.54) is 0 Å². The maximum absolute atomic E-state index is 12.6. The Bertz CT molecular complexity index is 476. The van der Waals surface area contributed by atoms with Crippen LogP contribution >= 0.6 is 0 Å². The van der Waals surface area contributed by atoms with Gasteiger partial charge in [0.2, 0.25) is 5.91 Å². The molecule has 0 radical (unpaired) electrons. The van der Waals surface area contributed by atoms with E-state index in [0.29, 0.717) is 18.4 Å². The SMILES string of the molecule is CCN1CCC(N(C)C(=O)CC(N)c2ccccc2)C(C)C1. The van der Waals surface area contributed by atoms with Crippen molar-refractivity contribution in [3.63, 3.8) is 0 Å². The van der Waals surface area contributed by atoms with Gasteiger partial charge in [-0.05, 0) is 24.4 Å². The van der Waals surface area contributed by atoms with Crippen LogP contribution < -0.4 is 5.73 Å². The van der Waals surface area contributed by atoms with E-state index in [4.69, 9.17) is 5.73 Å². The highest BCUT2D eigenvalue weighted by Crippen LogP contribution is 2.23. The van der Waals surface area contributed by atoms with Crippen molar-refractivity contribution in [3.8, 4) is 0 Å². The molecule has 4 nitrogen and oxygen atoms in total. The van der Waals surface area contributed by atoms with Crippen molar-refractivity contribution < 1.29 is 4.79 Å². The minimum Gasteiger partial charge on any atom is -0.342 e. The van der Waals surface area contributed by atoms with Crippen LogP contribution in [0.3, 0.4) is 0 Å². The van der Waals surface area contributed by atoms with Crippen molar-refractivity contribution in [1.82, 2.24) is 9.80 Å². The molecule has 0 saturated carbocycles. The summed E-state index contributed by atoms with van der Waals surface area (Å²) in [6, 6.07) is 9.98. The Morgan fingerprint density at radius 1 is 1.41 bits per heavy atom. The first kappa shape index (κ1) is 17.0. The van der Waals surface area contributed by atoms with Gasteiger partial charge in [-0.15, -0.1) is 0 Å². The fraction of sp³-hybridized carbons (Fsp3) is 0.611. The summed E-state index contributed by atoms with van der Waals surface area (Å²) in [6.07, 6.45) is 1.43. The number of hydrogen-bond donors (Lipinski definition) is 1. The minimum absolute atomic E-state index is 0.151. The van der Waals surface area contributed by atoms with Crippen LogP contribution in [0.2, 0.25) is 0 Å². The van der Waals surface area contributed by atoms with Crippen LogP contribution in [0.15, 0.2) is 30.3 Å². The van der Waals surface area contributed by atoms with E-state index in [0.717, 1.165) is 31.6 Å². The van der Waals surface area contributed by atoms with E-state index in [1.54, 1.807) is 0 Å². The largest absolute Gasteiger partial charge is 0.342 e. The number of hydrogen-bond acceptors (Lipinski definition) is 3. The smallest absolute Gasteiger partial charge is 0.224 e. The molecular formula is C18H29N3O. The van der Waals surface area contributed by atoms with E-state index in [9.17, 15) is 4.79 Å². The van der Waals surface area contributed by atoms with Crippen molar-refractivity contribution in [2.75, 3.05) is 26.7 Å². The number of nitrogens with zero attached hydrogens (tertiary/aromatic N) is 2. The lowest BCUT2D eigenvalue weighted by Crippen LogP contribution is -2.50. The Hall–Kier alpha value is -1.39. The summed E-state index contributed by atoms with van der Waals surface area (Å²) in [4.78, 5) is 16.9. The first-order chi connectivity index (χ1) is 10.5. The van der Waals surface area contributed by atoms with Gasteiger partial charge in [0.25, 0.3) is 0 Å². The zero-order chi connectivity index (χ0) is 16.1. The predicted molar refractivity (Wildman–Crippen MR) is 90.4 cm³/mol. The van der Waals surface area contributed by atoms with E-state index in [1.807, 2.05) is 42.3 Å². The average Bonchev–Trinajstić information content (AvgIpc) is 2.54. The molecule has 1 aromatic rings. The summed E-state index contributed by atoms with van der Waals surface area (Å²) >= 11 is 0. The highest BCUT2D eigenvalue weighted by molar-refractivity contribution is 5.77. The molecule has 2 rings (SSSR count). The summed E-state index contributed by atoms with van der Waals surface area (Å²) in [7, 11) is 1.93. The predicted octanol–water partition coefficient (Wildman–Crippen LogP) is 2.27. The Labute approximate surface area is 134 Å². The molecule has 122 valence electrons. The van der Waals surface area contributed by atoms with Crippen LogP contribution in [0.1, 0.15) is 38.3 Å². The molecule has 4 heteroatoms. The number of rotatable bonds is 5. The number of likely N-dealkylation sites (tertiary alicyclic amines) is 1. The molecule has 1 fully saturated rings. The number of carbonyl (C=O) groups is 1. The van der Waals surface area contributed by atoms with Gasteiger partial charge in [0.1, 0.15) is 0 Å². The Balaban J connectivity index is 1.92. The molecule has 2 N–H and O–H groups in total. The van der Waals surface area contributed by atoms with Gasteiger partial charge < -0.3 is 15.5 Å². The fourth-order valence-corrected chi connectivity index (χ4v) is 3.42. The lowest BCUT2D eigenvalue weighted by atomic mass is 9.92. The highest BCUT2D eigenvalue weighted by Gasteiger charge is 2.31. The number of carbonyl (C=O) groups excluding carboxylic acids is 1. The minimum atomic E-state index is -0.220. The number of benzene rings is 1. The quantitative estimate of drug-likeness (QED) is 0.908. The molecule has 1 aromatic carbocycles. The zero-order valence-electron chi connectivity index (χ0n) is 14.0. The van der Waals surface area contributed by atoms with Gasteiger partial charge in [-0.1, -0.05) is 44.2 Å². The molecule has 3 atom stereocenters. The molecule has 22 heavy (non-hydrogen) atoms. The van der Waals surface area contributed by atoms with E-state index >= 15 is 0 Å². The molecule has 0 aromatic heterocycles. The molecule has 1 aliphatic rings. The van der Waals surface area contributed by atoms with Crippen LogP contribution in [-0.2, 0) is 4.79 Å². The van der Waals surface area contributed by atoms with Crippen LogP contribution in [-0.4, -0.2) is 48.4 Å². The number of piperidine rings is 1. The highest BCUT2D eigenvalue weighted by atomic mass is 16.2. The zero-order valence-corrected chi connectivity index (χ0v) is 14.0. The second-order valence-electron chi connectivity index (χ2n) is 6.45. The average molecular weight is 303 g/mol. The van der Waals surface area contributed by atoms with E-state index in [-0.39, 0.29) is 11.9 Å². The topological polar surface area (TPSA) is 49.6 Å². The van der Waals surface area contributed by atoms with Crippen LogP contribution in [0.5, 0.6) is 0 Å². The van der Waals surface area contributed by atoms with Crippen molar-refractivity contribution >= 4 is 5.91 Å². The van der Waals surface area contributed by atoms with Crippen molar-refractivity contribution in [3.05, 3.63) is 35.9 Å². The molecule has 3 unspecified atom stereocenters. The molecule has 0 aliphatic carbocycles. The molecule has 1 saturated heterocycles. The second kappa shape index (κ2) is 7.75. The monoisotopic (exact) mass is 303 g/mol. The first-order valence-electron chi connectivity index (χ1n) is 8.31. The maximum Gasteiger partial charge on any atom is 0.224 e. The summed E-state index contributed by atoms with van der Waals surface area (Å²) in [5.41, 5.74) is 7.21. The first-order valence-corrected chi connectivity index (χ1v) is 8.31. The van der Waals surface area contributed by atoms with Gasteiger partial charge in [0.05, 0.1) is 0 Å². The van der Waals surface area contributed by atoms with Crippen LogP contribution in [0.4, 0.5) is 0 Å². The third kappa shape index (κ3) is 4.08. The summed E-state index contributed by atoms with van der Waals surface area (Å²) in [5.74, 6) is 0.661. The molecule has 1 heterocycles. The number of nitrogens with two attached hydrogens (primary N) is 1. The standard InChI is InChI=1S/C18H29N3O/c1-4-21-11-10-17(14(2)13-21)20(3)18(22)12-16(19)15-8-6-5-7-9-15/h5-9,14,16-17H,4,10-13,19H2,1-3H3. The Kier molecular flexibility index (Phi) is 5.98. The summed E-state index contributed by atoms with van der Waals surface area (Å²) < 4.78 is 0. The third-order valence-electron chi connectivity index (χ3n) is 4.90. The lowest BCUT2D eigenvalue weighted by Gasteiger charge is -2.41. The van der Waals surface area contributed by atoms with Gasteiger partial charge in [0, 0.05) is 38.6 Å². The molecular weight excluding hydrogens is 274 g/mol. The summed E-state index contributed by atoms with van der Waals surface area (Å²) in [6.45, 7) is 7.68. The van der Waals surface area contributed by atoms with E-state index in [2.05, 4.69) is 18.7 Å². The normalized spacial score (nSPS) is 24.0. The molecule has 0 bridgehead atoms. The molecule has 1 amide bonds. The van der Waals surface area contributed by atoms with Crippen molar-refractivity contribution in [1.29, 1.82) is 0 Å². The van der Waals surface area contributed by atoms with Gasteiger partial charge >= 0.3 is 0 Å². The van der Waals surface area contributed by atoms with Gasteiger partial charge in [-0.25, -0.2) is 0 Å². The molecule has 0 spiro atoms. The number of amides is 1. The van der Waals surface area contributed by atoms with E-state index < -0.39 is 0 Å². The van der Waals surface area contributed by atoms with Crippen LogP contribution in [0.25, 0.3) is 0 Å². The third-order valence-corrected chi connectivity index (χ3v) is 4.90. The second-order valence-corrected chi connectivity index (χ2v) is 6.45. The fourth-order valence-electron chi connectivity index (χ4n) is 3.42. The van der Waals surface area contributed by atoms with Gasteiger partial charge in [0.15, 0.2) is 0 Å². The summed E-state index contributed by atoms with van der Waals surface area (Å²) in [5, 5.41) is 0. The Morgan fingerprint density at radius 3 is 2.68 bits per heavy atom. The lowest BCUT2D eigenvalue weighted by molar-refractivity contribution is -0.134. The van der Waals surface area contributed by atoms with Gasteiger partial charge in [-0.2, -0.15) is 0 Å². The van der Waals surface area contributed by atoms with Crippen molar-refractivity contribution in [2.45, 2.75) is 38.8 Å². The Morgan fingerprint density at radius 2 is 2.09 bits per heavy atom.